The van der Waals surface area contributed by atoms with E-state index in [2.05, 4.69) is 5.32 Å². The smallest absolute Gasteiger partial charge is 0.291 e. The summed E-state index contributed by atoms with van der Waals surface area (Å²) in [7, 11) is -3.68. The van der Waals surface area contributed by atoms with E-state index in [-0.39, 0.29) is 41.4 Å². The van der Waals surface area contributed by atoms with E-state index < -0.39 is 15.9 Å². The van der Waals surface area contributed by atoms with E-state index in [1.807, 2.05) is 33.8 Å². The summed E-state index contributed by atoms with van der Waals surface area (Å²) >= 11 is 0. The van der Waals surface area contributed by atoms with Crippen LogP contribution in [-0.4, -0.2) is 43.9 Å². The van der Waals surface area contributed by atoms with Gasteiger partial charge in [-0.05, 0) is 69.2 Å². The van der Waals surface area contributed by atoms with Crippen molar-refractivity contribution in [3.8, 4) is 0 Å². The number of morpholine rings is 1. The van der Waals surface area contributed by atoms with E-state index in [1.165, 1.54) is 34.6 Å². The highest BCUT2D eigenvalue weighted by molar-refractivity contribution is 7.89. The monoisotopic (exact) mass is 470 g/mol. The van der Waals surface area contributed by atoms with E-state index in [0.717, 1.165) is 11.1 Å². The van der Waals surface area contributed by atoms with Gasteiger partial charge in [0, 0.05) is 24.8 Å². The molecular formula is C24H26N2O6S. The number of ether oxygens (including phenoxy) is 1. The lowest BCUT2D eigenvalue weighted by Crippen LogP contribution is -2.48. The number of rotatable bonds is 4. The molecule has 8 nitrogen and oxygen atoms in total. The summed E-state index contributed by atoms with van der Waals surface area (Å²) in [6.07, 6.45) is -0.377. The number of nitrogens with one attached hydrogen (secondary N) is 1. The molecule has 0 spiro atoms. The lowest BCUT2D eigenvalue weighted by Gasteiger charge is -2.34. The number of carbonyl (C=O) groups is 1. The Morgan fingerprint density at radius 3 is 2.30 bits per heavy atom. The van der Waals surface area contributed by atoms with Crippen LogP contribution in [0.2, 0.25) is 0 Å². The van der Waals surface area contributed by atoms with Gasteiger partial charge in [-0.15, -0.1) is 0 Å². The largest absolute Gasteiger partial charge is 0.451 e. The van der Waals surface area contributed by atoms with Crippen molar-refractivity contribution in [2.24, 2.45) is 0 Å². The predicted molar refractivity (Wildman–Crippen MR) is 125 cm³/mol. The molecule has 2 atom stereocenters. The van der Waals surface area contributed by atoms with Gasteiger partial charge in [0.05, 0.1) is 22.5 Å². The molecule has 2 unspecified atom stereocenters. The second-order valence-corrected chi connectivity index (χ2v) is 10.4. The zero-order valence-electron chi connectivity index (χ0n) is 18.9. The number of hydrogen-bond donors (Lipinski definition) is 1. The molecule has 1 aliphatic heterocycles. The molecule has 2 aromatic carbocycles. The minimum atomic E-state index is -3.68. The minimum absolute atomic E-state index is 0.120. The summed E-state index contributed by atoms with van der Waals surface area (Å²) in [6.45, 7) is 7.94. The van der Waals surface area contributed by atoms with Gasteiger partial charge in [0.2, 0.25) is 10.0 Å². The zero-order valence-corrected chi connectivity index (χ0v) is 19.7. The summed E-state index contributed by atoms with van der Waals surface area (Å²) in [4.78, 5) is 25.3. The Bertz CT molecular complexity index is 1370. The second kappa shape index (κ2) is 8.74. The van der Waals surface area contributed by atoms with Crippen LogP contribution in [0.15, 0.2) is 56.6 Å². The van der Waals surface area contributed by atoms with Gasteiger partial charge in [0.15, 0.2) is 11.2 Å². The number of sulfonamides is 1. The highest BCUT2D eigenvalue weighted by Gasteiger charge is 2.32. The fraction of sp³-hybridized carbons (Fsp3) is 0.333. The van der Waals surface area contributed by atoms with E-state index in [1.54, 1.807) is 6.07 Å². The standard InChI is InChI=1S/C24H26N2O6S/c1-14-9-15(2)23-20(27)11-22(32-21(23)10-14)24(28)25-18-5-7-19(8-6-18)33(29,30)26-12-16(3)31-17(4)13-26/h5-11,16-17H,12-13H2,1-4H3,(H,25,28). The Kier molecular flexibility index (Phi) is 6.13. The summed E-state index contributed by atoms with van der Waals surface area (Å²) in [6, 6.07) is 10.7. The van der Waals surface area contributed by atoms with E-state index in [9.17, 15) is 18.0 Å². The number of fused-ring (bicyclic) bond motifs is 1. The highest BCUT2D eigenvalue weighted by Crippen LogP contribution is 2.23. The van der Waals surface area contributed by atoms with Crippen molar-refractivity contribution >= 4 is 32.6 Å². The van der Waals surface area contributed by atoms with Crippen molar-refractivity contribution in [2.75, 3.05) is 18.4 Å². The maximum absolute atomic E-state index is 13.0. The summed E-state index contributed by atoms with van der Waals surface area (Å²) in [5.74, 6) is -0.718. The second-order valence-electron chi connectivity index (χ2n) is 8.49. The van der Waals surface area contributed by atoms with Gasteiger partial charge >= 0.3 is 0 Å². The SMILES string of the molecule is Cc1cc(C)c2c(=O)cc(C(=O)Nc3ccc(S(=O)(=O)N4CC(C)OC(C)C4)cc3)oc2c1. The van der Waals surface area contributed by atoms with Crippen molar-refractivity contribution < 1.29 is 22.4 Å². The van der Waals surface area contributed by atoms with Crippen LogP contribution in [0.3, 0.4) is 0 Å². The van der Waals surface area contributed by atoms with E-state index >= 15 is 0 Å². The van der Waals surface area contributed by atoms with Crippen LogP contribution >= 0.6 is 0 Å². The molecule has 33 heavy (non-hydrogen) atoms. The van der Waals surface area contributed by atoms with Gasteiger partial charge in [0.25, 0.3) is 5.91 Å². The van der Waals surface area contributed by atoms with Crippen LogP contribution in [0, 0.1) is 13.8 Å². The van der Waals surface area contributed by atoms with Crippen LogP contribution in [0.5, 0.6) is 0 Å². The lowest BCUT2D eigenvalue weighted by atomic mass is 10.1. The van der Waals surface area contributed by atoms with Crippen LogP contribution in [0.4, 0.5) is 5.69 Å². The van der Waals surface area contributed by atoms with Crippen LogP contribution in [0.1, 0.15) is 35.5 Å². The maximum atomic E-state index is 13.0. The number of benzene rings is 2. The molecule has 1 aliphatic rings. The molecule has 174 valence electrons. The molecule has 1 amide bonds. The summed E-state index contributed by atoms with van der Waals surface area (Å²) in [5.41, 5.74) is 2.13. The molecule has 0 saturated carbocycles. The van der Waals surface area contributed by atoms with Gasteiger partial charge < -0.3 is 14.5 Å². The topological polar surface area (TPSA) is 106 Å². The molecule has 1 N–H and O–H groups in total. The fourth-order valence-electron chi connectivity index (χ4n) is 4.15. The Balaban J connectivity index is 1.55. The molecule has 0 bridgehead atoms. The first-order chi connectivity index (χ1) is 15.5. The number of hydrogen-bond acceptors (Lipinski definition) is 6. The average Bonchev–Trinajstić information content (AvgIpc) is 2.72. The van der Waals surface area contributed by atoms with Crippen molar-refractivity contribution in [3.05, 3.63) is 69.6 Å². The van der Waals surface area contributed by atoms with Crippen molar-refractivity contribution in [1.82, 2.24) is 4.31 Å². The summed E-state index contributed by atoms with van der Waals surface area (Å²) < 4.78 is 38.7. The lowest BCUT2D eigenvalue weighted by molar-refractivity contribution is -0.0440. The minimum Gasteiger partial charge on any atom is -0.451 e. The first kappa shape index (κ1) is 23.2. The van der Waals surface area contributed by atoms with Gasteiger partial charge in [-0.3, -0.25) is 9.59 Å². The molecule has 4 rings (SSSR count). The molecule has 3 aromatic rings. The molecule has 2 heterocycles. The Morgan fingerprint density at radius 1 is 1.03 bits per heavy atom. The zero-order chi connectivity index (χ0) is 23.9. The molecule has 1 fully saturated rings. The fourth-order valence-corrected chi connectivity index (χ4v) is 5.75. The third-order valence-corrected chi connectivity index (χ3v) is 7.38. The van der Waals surface area contributed by atoms with Crippen molar-refractivity contribution in [3.63, 3.8) is 0 Å². The summed E-state index contributed by atoms with van der Waals surface area (Å²) in [5, 5.41) is 3.09. The first-order valence-corrected chi connectivity index (χ1v) is 12.1. The number of aryl methyl sites for hydroxylation is 2. The highest BCUT2D eigenvalue weighted by atomic mass is 32.2. The van der Waals surface area contributed by atoms with Crippen molar-refractivity contribution in [2.45, 2.75) is 44.8 Å². The van der Waals surface area contributed by atoms with E-state index in [0.29, 0.717) is 16.7 Å². The first-order valence-electron chi connectivity index (χ1n) is 10.7. The maximum Gasteiger partial charge on any atom is 0.291 e. The Hall–Kier alpha value is -3.01. The van der Waals surface area contributed by atoms with Gasteiger partial charge in [0.1, 0.15) is 5.58 Å². The normalized spacial score (nSPS) is 19.5. The molecule has 0 radical (unpaired) electrons. The van der Waals surface area contributed by atoms with E-state index in [4.69, 9.17) is 9.15 Å². The predicted octanol–water partition coefficient (Wildman–Crippen LogP) is 3.46. The Labute approximate surface area is 192 Å². The van der Waals surface area contributed by atoms with Gasteiger partial charge in [-0.2, -0.15) is 4.31 Å². The third-order valence-electron chi connectivity index (χ3n) is 5.53. The van der Waals surface area contributed by atoms with Crippen molar-refractivity contribution in [1.29, 1.82) is 0 Å². The van der Waals surface area contributed by atoms with Gasteiger partial charge in [-0.1, -0.05) is 6.07 Å². The van der Waals surface area contributed by atoms with Crippen LogP contribution < -0.4 is 10.7 Å². The Morgan fingerprint density at radius 2 is 1.67 bits per heavy atom. The third kappa shape index (κ3) is 4.71. The molecular weight excluding hydrogens is 444 g/mol. The quantitative estimate of drug-likeness (QED) is 0.626. The van der Waals surface area contributed by atoms with Crippen LogP contribution in [0.25, 0.3) is 11.0 Å². The number of nitrogens with zero attached hydrogens (tertiary/aromatic N) is 1. The molecule has 1 aromatic heterocycles. The average molecular weight is 471 g/mol. The van der Waals surface area contributed by atoms with Crippen LogP contribution in [-0.2, 0) is 14.8 Å². The molecule has 0 aliphatic carbocycles. The molecule has 1 saturated heterocycles. The number of anilines is 1. The van der Waals surface area contributed by atoms with Gasteiger partial charge in [-0.25, -0.2) is 8.42 Å². The number of carbonyl (C=O) groups excluding carboxylic acids is 1. The molecule has 9 heteroatoms. The number of amides is 1.